The third-order valence-corrected chi connectivity index (χ3v) is 0.609. The molecule has 0 heterocycles. The summed E-state index contributed by atoms with van der Waals surface area (Å²) in [6.07, 6.45) is 0.500. The van der Waals surface area contributed by atoms with Gasteiger partial charge in [0.05, 0.1) is 0 Å². The van der Waals surface area contributed by atoms with Crippen LogP contribution in [0.25, 0.3) is 0 Å². The van der Waals surface area contributed by atoms with E-state index >= 15 is 0 Å². The van der Waals surface area contributed by atoms with Crippen molar-refractivity contribution in [1.82, 2.24) is 0 Å². The molecular formula is C8H22N2O. The number of hydrogen-bond donors (Lipinski definition) is 2. The van der Waals surface area contributed by atoms with Crippen molar-refractivity contribution in [1.29, 1.82) is 0 Å². The Labute approximate surface area is 70.1 Å². The number of carbonyl (C=O) groups is 1. The molecule has 0 aliphatic heterocycles. The largest absolute Gasteiger partial charge is 0.370 e. The van der Waals surface area contributed by atoms with Crippen molar-refractivity contribution in [3.8, 4) is 0 Å². The monoisotopic (exact) mass is 162 g/mol. The fourth-order valence-corrected chi connectivity index (χ4v) is 0.402. The fourth-order valence-electron chi connectivity index (χ4n) is 0.402. The average molecular weight is 162 g/mol. The van der Waals surface area contributed by atoms with Gasteiger partial charge < -0.3 is 11.5 Å². The van der Waals surface area contributed by atoms with Crippen LogP contribution in [0.15, 0.2) is 0 Å². The molecule has 0 bridgehead atoms. The lowest BCUT2D eigenvalue weighted by molar-refractivity contribution is -0.118. The number of hydrogen-bond acceptors (Lipinski definition) is 2. The van der Waals surface area contributed by atoms with Gasteiger partial charge in [-0.3, -0.25) is 4.79 Å². The summed E-state index contributed by atoms with van der Waals surface area (Å²) in [6, 6.07) is 0. The van der Waals surface area contributed by atoms with Crippen LogP contribution in [0.3, 0.4) is 0 Å². The molecule has 0 spiro atoms. The lowest BCUT2D eigenvalue weighted by Crippen LogP contribution is -2.12. The van der Waals surface area contributed by atoms with E-state index < -0.39 is 0 Å². The second-order valence-electron chi connectivity index (χ2n) is 2.06. The second kappa shape index (κ2) is 16.2. The molecule has 11 heavy (non-hydrogen) atoms. The number of rotatable bonds is 2. The minimum absolute atomic E-state index is 0.213. The maximum Gasteiger partial charge on any atom is 0.217 e. The van der Waals surface area contributed by atoms with Crippen LogP contribution in [-0.2, 0) is 4.79 Å². The summed E-state index contributed by atoms with van der Waals surface area (Å²) in [5.74, 6) is 0.188. The molecule has 0 aromatic rings. The topological polar surface area (TPSA) is 69.1 Å². The summed E-state index contributed by atoms with van der Waals surface area (Å²) < 4.78 is 0. The number of amides is 1. The summed E-state index contributed by atoms with van der Waals surface area (Å²) in [6.45, 7) is 7.93. The highest BCUT2D eigenvalue weighted by Crippen LogP contribution is 1.95. The summed E-state index contributed by atoms with van der Waals surface area (Å²) in [5, 5.41) is 0. The first kappa shape index (κ1) is 16.8. The van der Waals surface area contributed by atoms with Gasteiger partial charge in [-0.05, 0) is 13.0 Å². The van der Waals surface area contributed by atoms with E-state index in [0.717, 1.165) is 0 Å². The Morgan fingerprint density at radius 1 is 1.27 bits per heavy atom. The van der Waals surface area contributed by atoms with Crippen molar-refractivity contribution >= 4 is 5.91 Å². The molecule has 4 N–H and O–H groups in total. The van der Waals surface area contributed by atoms with Gasteiger partial charge >= 0.3 is 0 Å². The van der Waals surface area contributed by atoms with Gasteiger partial charge in [-0.1, -0.05) is 27.7 Å². The summed E-state index contributed by atoms with van der Waals surface area (Å²) in [5.41, 5.74) is 9.35. The Morgan fingerprint density at radius 3 is 1.55 bits per heavy atom. The first-order chi connectivity index (χ1) is 5.13. The molecule has 0 radical (unpaired) electrons. The Kier molecular flexibility index (Phi) is 24.8. The van der Waals surface area contributed by atoms with Gasteiger partial charge in [-0.25, -0.2) is 0 Å². The summed E-state index contributed by atoms with van der Waals surface area (Å²) in [4.78, 5) is 10.0. The standard InChI is InChI=1S/C5H11NO.C2H6.CH5N/c1-4(2)3-5(6)7;2*1-2/h4H,3H2,1-2H3,(H2,6,7);1-2H3;2H2,1H3. The molecule has 0 saturated carbocycles. The van der Waals surface area contributed by atoms with Crippen LogP contribution in [0.4, 0.5) is 0 Å². The van der Waals surface area contributed by atoms with E-state index in [1.807, 2.05) is 27.7 Å². The van der Waals surface area contributed by atoms with Crippen molar-refractivity contribution < 1.29 is 4.79 Å². The summed E-state index contributed by atoms with van der Waals surface area (Å²) >= 11 is 0. The van der Waals surface area contributed by atoms with Crippen LogP contribution >= 0.6 is 0 Å². The number of carbonyl (C=O) groups excluding carboxylic acids is 1. The Morgan fingerprint density at radius 2 is 1.55 bits per heavy atom. The molecule has 0 atom stereocenters. The third-order valence-electron chi connectivity index (χ3n) is 0.609. The summed E-state index contributed by atoms with van der Waals surface area (Å²) in [7, 11) is 1.50. The van der Waals surface area contributed by atoms with Crippen LogP contribution in [0.5, 0.6) is 0 Å². The number of primary amides is 1. The van der Waals surface area contributed by atoms with Crippen molar-refractivity contribution in [2.24, 2.45) is 17.4 Å². The quantitative estimate of drug-likeness (QED) is 0.638. The van der Waals surface area contributed by atoms with Gasteiger partial charge in [-0.2, -0.15) is 0 Å². The Bertz CT molecular complexity index is 72.5. The van der Waals surface area contributed by atoms with Gasteiger partial charge in [0.15, 0.2) is 0 Å². The molecule has 0 aliphatic rings. The zero-order valence-corrected chi connectivity index (χ0v) is 8.35. The van der Waals surface area contributed by atoms with Crippen molar-refractivity contribution in [3.63, 3.8) is 0 Å². The highest BCUT2D eigenvalue weighted by Gasteiger charge is 1.96. The molecule has 3 heteroatoms. The number of nitrogens with two attached hydrogens (primary N) is 2. The minimum Gasteiger partial charge on any atom is -0.370 e. The highest BCUT2D eigenvalue weighted by molar-refractivity contribution is 5.73. The molecule has 0 aromatic heterocycles. The van der Waals surface area contributed by atoms with Crippen LogP contribution in [0.2, 0.25) is 0 Å². The van der Waals surface area contributed by atoms with E-state index in [9.17, 15) is 4.79 Å². The molecule has 0 unspecified atom stereocenters. The Hall–Kier alpha value is -0.570. The van der Waals surface area contributed by atoms with E-state index in [4.69, 9.17) is 5.73 Å². The van der Waals surface area contributed by atoms with Crippen LogP contribution in [0, 0.1) is 5.92 Å². The predicted octanol–water partition coefficient (Wildman–Crippen LogP) is 1.12. The molecule has 0 aromatic carbocycles. The van der Waals surface area contributed by atoms with Gasteiger partial charge in [0, 0.05) is 6.42 Å². The molecule has 0 saturated heterocycles. The van der Waals surface area contributed by atoms with E-state index in [1.165, 1.54) is 7.05 Å². The maximum atomic E-state index is 10.0. The van der Waals surface area contributed by atoms with Crippen molar-refractivity contribution in [2.45, 2.75) is 34.1 Å². The highest BCUT2D eigenvalue weighted by atomic mass is 16.1. The average Bonchev–Trinajstić information content (AvgIpc) is 1.93. The molecule has 70 valence electrons. The van der Waals surface area contributed by atoms with E-state index in [2.05, 4.69) is 5.73 Å². The van der Waals surface area contributed by atoms with Crippen molar-refractivity contribution in [2.75, 3.05) is 7.05 Å². The zero-order chi connectivity index (χ0) is 9.86. The van der Waals surface area contributed by atoms with E-state index in [0.29, 0.717) is 12.3 Å². The fraction of sp³-hybridized carbons (Fsp3) is 0.875. The lowest BCUT2D eigenvalue weighted by atomic mass is 10.1. The molecule has 0 fully saturated rings. The third kappa shape index (κ3) is 44.2. The predicted molar refractivity (Wildman–Crippen MR) is 50.1 cm³/mol. The smallest absolute Gasteiger partial charge is 0.217 e. The van der Waals surface area contributed by atoms with Gasteiger partial charge in [0.2, 0.25) is 5.91 Å². The lowest BCUT2D eigenvalue weighted by Gasteiger charge is -1.95. The first-order valence-electron chi connectivity index (χ1n) is 3.99. The van der Waals surface area contributed by atoms with E-state index in [1.54, 1.807) is 0 Å². The minimum atomic E-state index is -0.213. The van der Waals surface area contributed by atoms with Crippen LogP contribution in [0.1, 0.15) is 34.1 Å². The normalized spacial score (nSPS) is 7.18. The van der Waals surface area contributed by atoms with E-state index in [-0.39, 0.29) is 5.91 Å². The van der Waals surface area contributed by atoms with Gasteiger partial charge in [-0.15, -0.1) is 0 Å². The van der Waals surface area contributed by atoms with Crippen molar-refractivity contribution in [3.05, 3.63) is 0 Å². The molecule has 1 amide bonds. The molecule has 0 aliphatic carbocycles. The van der Waals surface area contributed by atoms with Gasteiger partial charge in [0.25, 0.3) is 0 Å². The maximum absolute atomic E-state index is 10.0. The zero-order valence-electron chi connectivity index (χ0n) is 8.35. The second-order valence-corrected chi connectivity index (χ2v) is 2.06. The van der Waals surface area contributed by atoms with Crippen LogP contribution in [-0.4, -0.2) is 13.0 Å². The van der Waals surface area contributed by atoms with Gasteiger partial charge in [0.1, 0.15) is 0 Å². The SMILES string of the molecule is CC.CC(C)CC(N)=O.CN. The Balaban J connectivity index is -0.000000138. The first-order valence-corrected chi connectivity index (χ1v) is 3.99. The molecule has 3 nitrogen and oxygen atoms in total. The van der Waals surface area contributed by atoms with Crippen LogP contribution < -0.4 is 11.5 Å². The molecule has 0 rings (SSSR count). The molecular weight excluding hydrogens is 140 g/mol.